The average molecular weight is 289 g/mol. The Morgan fingerprint density at radius 3 is 3.00 bits per heavy atom. The van der Waals surface area contributed by atoms with Crippen LogP contribution in [0.25, 0.3) is 10.9 Å². The molecule has 0 bridgehead atoms. The second-order valence-corrected chi connectivity index (χ2v) is 4.97. The number of benzene rings is 1. The zero-order chi connectivity index (χ0) is 18.5. The Morgan fingerprint density at radius 2 is 2.29 bits per heavy atom. The van der Waals surface area contributed by atoms with Crippen LogP contribution < -0.4 is 11.3 Å². The molecule has 1 heterocycles. The summed E-state index contributed by atoms with van der Waals surface area (Å²) < 4.78 is 31.7. The molecule has 0 spiro atoms. The van der Waals surface area contributed by atoms with E-state index in [1.165, 1.54) is 6.07 Å². The van der Waals surface area contributed by atoms with E-state index in [1.807, 2.05) is 0 Å². The van der Waals surface area contributed by atoms with Crippen molar-refractivity contribution < 1.29 is 15.1 Å². The van der Waals surface area contributed by atoms with Gasteiger partial charge in [0.1, 0.15) is 11.6 Å². The molecule has 6 nitrogen and oxygen atoms in total. The molecule has 0 aliphatic heterocycles. The van der Waals surface area contributed by atoms with Crippen molar-refractivity contribution >= 4 is 28.2 Å². The molecular formula is C15H15N3O3. The SMILES string of the molecule is [2H]c1cc2nc(C([2H])[2H])n(C3CCC(=O)CC3=O)c(=O)c2c(N)c1[2H]. The lowest BCUT2D eigenvalue weighted by molar-refractivity contribution is -0.132. The fourth-order valence-electron chi connectivity index (χ4n) is 2.60. The van der Waals surface area contributed by atoms with Crippen LogP contribution in [0.3, 0.4) is 0 Å². The van der Waals surface area contributed by atoms with Gasteiger partial charge in [-0.1, -0.05) is 6.04 Å². The Bertz CT molecular complexity index is 971. The lowest BCUT2D eigenvalue weighted by Gasteiger charge is -2.24. The van der Waals surface area contributed by atoms with Crippen LogP contribution in [0, 0.1) is 6.88 Å². The maximum absolute atomic E-state index is 13.0. The van der Waals surface area contributed by atoms with Crippen molar-refractivity contribution in [2.24, 2.45) is 0 Å². The van der Waals surface area contributed by atoms with E-state index in [2.05, 4.69) is 4.98 Å². The molecule has 1 fully saturated rings. The minimum atomic E-state index is -1.64. The predicted octanol–water partition coefficient (Wildman–Crippen LogP) is 1.15. The summed E-state index contributed by atoms with van der Waals surface area (Å²) in [7, 11) is 0. The van der Waals surface area contributed by atoms with Gasteiger partial charge in [0.15, 0.2) is 5.78 Å². The summed E-state index contributed by atoms with van der Waals surface area (Å²) in [5, 5.41) is -0.116. The maximum atomic E-state index is 13.0. The average Bonchev–Trinajstić information content (AvgIpc) is 2.53. The number of carbonyl (C=O) groups excluding carboxylic acids is 2. The number of ketones is 2. The molecule has 1 atom stereocenters. The highest BCUT2D eigenvalue weighted by molar-refractivity contribution is 6.03. The number of rotatable bonds is 1. The van der Waals surface area contributed by atoms with Crippen molar-refractivity contribution in [3.05, 3.63) is 34.3 Å². The zero-order valence-electron chi connectivity index (χ0n) is 15.0. The van der Waals surface area contributed by atoms with Gasteiger partial charge in [0, 0.05) is 14.8 Å². The van der Waals surface area contributed by atoms with E-state index in [0.717, 1.165) is 4.57 Å². The Hall–Kier alpha value is -2.50. The Kier molecular flexibility index (Phi) is 2.16. The lowest BCUT2D eigenvalue weighted by atomic mass is 9.92. The summed E-state index contributed by atoms with van der Waals surface area (Å²) in [5.41, 5.74) is 4.86. The largest absolute Gasteiger partial charge is 0.398 e. The van der Waals surface area contributed by atoms with E-state index in [0.29, 0.717) is 0 Å². The number of fused-ring (bicyclic) bond motifs is 1. The van der Waals surface area contributed by atoms with E-state index in [4.69, 9.17) is 11.2 Å². The smallest absolute Gasteiger partial charge is 0.264 e. The van der Waals surface area contributed by atoms with Gasteiger partial charge >= 0.3 is 0 Å². The number of Topliss-reactive ketones (excluding diaryl/α,β-unsaturated/α-hetero) is 2. The number of nitrogen functional groups attached to an aromatic ring is 1. The molecule has 1 saturated carbocycles. The third kappa shape index (κ3) is 2.12. The van der Waals surface area contributed by atoms with Crippen molar-refractivity contribution in [1.29, 1.82) is 0 Å². The lowest BCUT2D eigenvalue weighted by Crippen LogP contribution is -2.36. The molecule has 1 aromatic heterocycles. The van der Waals surface area contributed by atoms with Crippen LogP contribution >= 0.6 is 0 Å². The molecule has 0 saturated heterocycles. The third-order valence-corrected chi connectivity index (χ3v) is 3.61. The summed E-state index contributed by atoms with van der Waals surface area (Å²) in [6, 6.07) is -0.368. The third-order valence-electron chi connectivity index (χ3n) is 3.61. The van der Waals surface area contributed by atoms with E-state index in [9.17, 15) is 14.4 Å². The number of nitrogens with two attached hydrogens (primary N) is 1. The van der Waals surface area contributed by atoms with Crippen LogP contribution in [0.1, 0.15) is 36.6 Å². The molecule has 2 aromatic rings. The van der Waals surface area contributed by atoms with Crippen LogP contribution in [0.4, 0.5) is 5.69 Å². The van der Waals surface area contributed by atoms with Crippen LogP contribution in [0.15, 0.2) is 22.9 Å². The Labute approximate surface area is 126 Å². The first-order valence-electron chi connectivity index (χ1n) is 8.58. The number of anilines is 1. The molecule has 2 N–H and O–H groups in total. The summed E-state index contributed by atoms with van der Waals surface area (Å²) in [6.07, 6.45) is -0.0967. The van der Waals surface area contributed by atoms with Gasteiger partial charge in [0.25, 0.3) is 5.56 Å². The quantitative estimate of drug-likeness (QED) is 0.627. The summed E-state index contributed by atoms with van der Waals surface area (Å²) in [4.78, 5) is 40.7. The molecule has 21 heavy (non-hydrogen) atoms. The van der Waals surface area contributed by atoms with Crippen LogP contribution in [-0.2, 0) is 9.59 Å². The van der Waals surface area contributed by atoms with Crippen LogP contribution in [0.2, 0.25) is 0 Å². The minimum absolute atomic E-state index is 0.0126. The molecule has 108 valence electrons. The normalized spacial score (nSPS) is 22.0. The number of hydrogen-bond donors (Lipinski definition) is 1. The van der Waals surface area contributed by atoms with Crippen molar-refractivity contribution in [2.75, 3.05) is 5.73 Å². The molecule has 0 amide bonds. The Morgan fingerprint density at radius 1 is 1.48 bits per heavy atom. The van der Waals surface area contributed by atoms with Gasteiger partial charge in [0.2, 0.25) is 0 Å². The first-order chi connectivity index (χ1) is 11.7. The van der Waals surface area contributed by atoms with Gasteiger partial charge in [-0.3, -0.25) is 19.0 Å². The van der Waals surface area contributed by atoms with E-state index >= 15 is 0 Å². The first-order valence-corrected chi connectivity index (χ1v) is 6.43. The summed E-state index contributed by atoms with van der Waals surface area (Å²) >= 11 is 0. The summed E-state index contributed by atoms with van der Waals surface area (Å²) in [5.74, 6) is -0.936. The fraction of sp³-hybridized carbons (Fsp3) is 0.333. The van der Waals surface area contributed by atoms with Crippen LogP contribution in [0.5, 0.6) is 0 Å². The highest BCUT2D eigenvalue weighted by Crippen LogP contribution is 2.24. The van der Waals surface area contributed by atoms with E-state index in [-0.39, 0.29) is 59.5 Å². The minimum Gasteiger partial charge on any atom is -0.398 e. The van der Waals surface area contributed by atoms with Crippen molar-refractivity contribution in [3.63, 3.8) is 0 Å². The molecule has 1 aliphatic rings. The molecule has 0 radical (unpaired) electrons. The monoisotopic (exact) mass is 289 g/mol. The first kappa shape index (κ1) is 9.44. The van der Waals surface area contributed by atoms with Crippen molar-refractivity contribution in [1.82, 2.24) is 9.55 Å². The number of carbonyl (C=O) groups is 2. The van der Waals surface area contributed by atoms with Gasteiger partial charge in [-0.25, -0.2) is 4.98 Å². The number of nitrogens with zero attached hydrogens (tertiary/aromatic N) is 2. The molecule has 1 aromatic carbocycles. The highest BCUT2D eigenvalue weighted by atomic mass is 16.2. The van der Waals surface area contributed by atoms with Crippen molar-refractivity contribution in [2.45, 2.75) is 32.2 Å². The van der Waals surface area contributed by atoms with Gasteiger partial charge in [0.05, 0.1) is 26.1 Å². The Balaban J connectivity index is 2.35. The predicted molar refractivity (Wildman–Crippen MR) is 78.1 cm³/mol. The summed E-state index contributed by atoms with van der Waals surface area (Å²) in [6.45, 7) is -1.64. The number of aryl methyl sites for hydroxylation is 1. The number of hydrogen-bond acceptors (Lipinski definition) is 5. The topological polar surface area (TPSA) is 95.0 Å². The standard InChI is InChI=1S/C15H15N3O3/c1-8-17-11-4-2-3-10(16)14(11)15(21)18(8)12-6-5-9(19)7-13(12)20/h2-4,12H,5-7,16H2,1H3/i1D2,2D,3D. The fourth-order valence-corrected chi connectivity index (χ4v) is 2.60. The zero-order valence-corrected chi connectivity index (χ0v) is 11.0. The second kappa shape index (κ2) is 4.80. The van der Waals surface area contributed by atoms with Gasteiger partial charge in [-0.2, -0.15) is 0 Å². The molecular weight excluding hydrogens is 270 g/mol. The van der Waals surface area contributed by atoms with E-state index in [1.54, 1.807) is 0 Å². The second-order valence-electron chi connectivity index (χ2n) is 4.97. The van der Waals surface area contributed by atoms with Gasteiger partial charge in [-0.05, 0) is 25.4 Å². The van der Waals surface area contributed by atoms with Crippen LogP contribution in [-0.4, -0.2) is 21.1 Å². The molecule has 3 rings (SSSR count). The molecule has 1 aliphatic carbocycles. The van der Waals surface area contributed by atoms with E-state index < -0.39 is 24.3 Å². The van der Waals surface area contributed by atoms with Gasteiger partial charge < -0.3 is 5.73 Å². The maximum Gasteiger partial charge on any atom is 0.264 e. The number of aromatic nitrogens is 2. The molecule has 1 unspecified atom stereocenters. The van der Waals surface area contributed by atoms with Crippen molar-refractivity contribution in [3.8, 4) is 0 Å². The van der Waals surface area contributed by atoms with Gasteiger partial charge in [-0.15, -0.1) is 0 Å². The molecule has 6 heteroatoms. The highest BCUT2D eigenvalue weighted by Gasteiger charge is 2.30.